The van der Waals surface area contributed by atoms with Gasteiger partial charge in [0.05, 0.1) is 11.5 Å². The van der Waals surface area contributed by atoms with Crippen LogP contribution in [0.25, 0.3) is 0 Å². The van der Waals surface area contributed by atoms with Gasteiger partial charge in [0.25, 0.3) is 0 Å². The second-order valence-corrected chi connectivity index (χ2v) is 4.49. The first-order valence-corrected chi connectivity index (χ1v) is 5.91. The van der Waals surface area contributed by atoms with Crippen molar-refractivity contribution in [1.82, 2.24) is 0 Å². The van der Waals surface area contributed by atoms with Crippen molar-refractivity contribution >= 4 is 12.0 Å². The summed E-state index contributed by atoms with van der Waals surface area (Å²) in [7, 11) is 0. The van der Waals surface area contributed by atoms with E-state index < -0.39 is 4.92 Å². The molecule has 0 heterocycles. The standard InChI is InChI=1S/C13H17NO4/c1-10(2)4-3-7-18-13-8-11(9-15)5-6-12(13)14(16)17/h5-6,8-10H,3-4,7H2,1-2H3. The van der Waals surface area contributed by atoms with Crippen LogP contribution >= 0.6 is 0 Å². The third kappa shape index (κ3) is 4.16. The highest BCUT2D eigenvalue weighted by molar-refractivity contribution is 5.76. The van der Waals surface area contributed by atoms with E-state index in [0.717, 1.165) is 12.8 Å². The zero-order chi connectivity index (χ0) is 13.5. The summed E-state index contributed by atoms with van der Waals surface area (Å²) in [6.07, 6.45) is 2.48. The molecule has 0 aromatic heterocycles. The van der Waals surface area contributed by atoms with Gasteiger partial charge in [-0.05, 0) is 30.9 Å². The lowest BCUT2D eigenvalue weighted by atomic mass is 10.1. The Bertz CT molecular complexity index is 429. The highest BCUT2D eigenvalue weighted by Gasteiger charge is 2.15. The highest BCUT2D eigenvalue weighted by atomic mass is 16.6. The summed E-state index contributed by atoms with van der Waals surface area (Å²) in [5, 5.41) is 10.8. The Morgan fingerprint density at radius 1 is 1.44 bits per heavy atom. The first kappa shape index (κ1) is 14.2. The molecule has 0 saturated heterocycles. The van der Waals surface area contributed by atoms with Crippen molar-refractivity contribution in [3.63, 3.8) is 0 Å². The maximum Gasteiger partial charge on any atom is 0.310 e. The van der Waals surface area contributed by atoms with Crippen LogP contribution in [0.4, 0.5) is 5.69 Å². The molecule has 0 fully saturated rings. The number of nitro benzene ring substituents is 1. The fourth-order valence-corrected chi connectivity index (χ4v) is 1.54. The Balaban J connectivity index is 2.72. The zero-order valence-electron chi connectivity index (χ0n) is 10.6. The molecule has 0 aliphatic carbocycles. The number of aldehydes is 1. The molecule has 0 aliphatic heterocycles. The average Bonchev–Trinajstić information content (AvgIpc) is 2.33. The second-order valence-electron chi connectivity index (χ2n) is 4.49. The molecule has 0 amide bonds. The predicted molar refractivity (Wildman–Crippen MR) is 68.1 cm³/mol. The van der Waals surface area contributed by atoms with E-state index in [2.05, 4.69) is 13.8 Å². The average molecular weight is 251 g/mol. The van der Waals surface area contributed by atoms with Gasteiger partial charge in [0.2, 0.25) is 0 Å². The zero-order valence-corrected chi connectivity index (χ0v) is 10.6. The SMILES string of the molecule is CC(C)CCCOc1cc(C=O)ccc1[N+](=O)[O-]. The lowest BCUT2D eigenvalue weighted by Gasteiger charge is -2.08. The molecule has 0 aliphatic rings. The van der Waals surface area contributed by atoms with E-state index in [4.69, 9.17) is 4.74 Å². The van der Waals surface area contributed by atoms with Crippen LogP contribution in [0, 0.1) is 16.0 Å². The van der Waals surface area contributed by atoms with Crippen molar-refractivity contribution in [2.75, 3.05) is 6.61 Å². The molecular weight excluding hydrogens is 234 g/mol. The molecule has 1 aromatic carbocycles. The Morgan fingerprint density at radius 2 is 2.17 bits per heavy atom. The normalized spacial score (nSPS) is 10.4. The van der Waals surface area contributed by atoms with Gasteiger partial charge >= 0.3 is 5.69 Å². The quantitative estimate of drug-likeness (QED) is 0.323. The summed E-state index contributed by atoms with van der Waals surface area (Å²) in [5.74, 6) is 0.734. The number of hydrogen-bond donors (Lipinski definition) is 0. The summed E-state index contributed by atoms with van der Waals surface area (Å²) in [6, 6.07) is 4.11. The van der Waals surface area contributed by atoms with Gasteiger partial charge in [-0.2, -0.15) is 0 Å². The van der Waals surface area contributed by atoms with Gasteiger partial charge < -0.3 is 4.74 Å². The van der Waals surface area contributed by atoms with Crippen molar-refractivity contribution in [3.05, 3.63) is 33.9 Å². The maximum atomic E-state index is 10.8. The fourth-order valence-electron chi connectivity index (χ4n) is 1.54. The van der Waals surface area contributed by atoms with Gasteiger partial charge in [-0.25, -0.2) is 0 Å². The van der Waals surface area contributed by atoms with Crippen molar-refractivity contribution < 1.29 is 14.5 Å². The number of carbonyl (C=O) groups is 1. The van der Waals surface area contributed by atoms with E-state index in [0.29, 0.717) is 24.4 Å². The molecule has 0 bridgehead atoms. The highest BCUT2D eigenvalue weighted by Crippen LogP contribution is 2.27. The van der Waals surface area contributed by atoms with Gasteiger partial charge in [0.1, 0.15) is 6.29 Å². The van der Waals surface area contributed by atoms with Crippen LogP contribution in [0.5, 0.6) is 5.75 Å². The van der Waals surface area contributed by atoms with Gasteiger partial charge in [0.15, 0.2) is 5.75 Å². The second kappa shape index (κ2) is 6.74. The minimum Gasteiger partial charge on any atom is -0.487 e. The van der Waals surface area contributed by atoms with Crippen molar-refractivity contribution in [2.24, 2.45) is 5.92 Å². The molecule has 5 nitrogen and oxygen atoms in total. The molecule has 1 aromatic rings. The fraction of sp³-hybridized carbons (Fsp3) is 0.462. The largest absolute Gasteiger partial charge is 0.487 e. The molecule has 98 valence electrons. The molecule has 0 saturated carbocycles. The van der Waals surface area contributed by atoms with Crippen molar-refractivity contribution in [2.45, 2.75) is 26.7 Å². The summed E-state index contributed by atoms with van der Waals surface area (Å²) in [5.41, 5.74) is 0.268. The van der Waals surface area contributed by atoms with Crippen molar-refractivity contribution in [3.8, 4) is 5.75 Å². The number of ether oxygens (including phenoxy) is 1. The third-order valence-electron chi connectivity index (χ3n) is 2.50. The first-order chi connectivity index (χ1) is 8.54. The minimum atomic E-state index is -0.508. The summed E-state index contributed by atoms with van der Waals surface area (Å²) in [4.78, 5) is 20.9. The molecule has 0 unspecified atom stereocenters. The summed E-state index contributed by atoms with van der Waals surface area (Å²) in [6.45, 7) is 4.63. The molecular formula is C13H17NO4. The number of nitrogens with zero attached hydrogens (tertiary/aromatic N) is 1. The molecule has 5 heteroatoms. The summed E-state index contributed by atoms with van der Waals surface area (Å²) < 4.78 is 5.39. The third-order valence-corrected chi connectivity index (χ3v) is 2.50. The first-order valence-electron chi connectivity index (χ1n) is 5.91. The van der Waals surface area contributed by atoms with Crippen LogP contribution in [0.15, 0.2) is 18.2 Å². The number of rotatable bonds is 7. The molecule has 0 spiro atoms. The van der Waals surface area contributed by atoms with E-state index in [9.17, 15) is 14.9 Å². The molecule has 1 rings (SSSR count). The molecule has 0 N–H and O–H groups in total. The summed E-state index contributed by atoms with van der Waals surface area (Å²) >= 11 is 0. The number of benzene rings is 1. The smallest absolute Gasteiger partial charge is 0.310 e. The number of nitro groups is 1. The van der Waals surface area contributed by atoms with Crippen LogP contribution < -0.4 is 4.74 Å². The maximum absolute atomic E-state index is 10.8. The van der Waals surface area contributed by atoms with E-state index in [1.807, 2.05) is 0 Å². The van der Waals surface area contributed by atoms with Crippen LogP contribution in [0.3, 0.4) is 0 Å². The van der Waals surface area contributed by atoms with E-state index in [-0.39, 0.29) is 11.4 Å². The molecule has 0 atom stereocenters. The van der Waals surface area contributed by atoms with Crippen LogP contribution in [0.2, 0.25) is 0 Å². The van der Waals surface area contributed by atoms with Crippen LogP contribution in [0.1, 0.15) is 37.0 Å². The Morgan fingerprint density at radius 3 is 2.72 bits per heavy atom. The molecule has 18 heavy (non-hydrogen) atoms. The lowest BCUT2D eigenvalue weighted by molar-refractivity contribution is -0.385. The number of hydrogen-bond acceptors (Lipinski definition) is 4. The Labute approximate surface area is 106 Å². The lowest BCUT2D eigenvalue weighted by Crippen LogP contribution is -2.02. The van der Waals surface area contributed by atoms with Crippen molar-refractivity contribution in [1.29, 1.82) is 0 Å². The van der Waals surface area contributed by atoms with Crippen LogP contribution in [-0.2, 0) is 0 Å². The predicted octanol–water partition coefficient (Wildman–Crippen LogP) is 3.22. The van der Waals surface area contributed by atoms with Gasteiger partial charge in [-0.15, -0.1) is 0 Å². The van der Waals surface area contributed by atoms with Crippen LogP contribution in [-0.4, -0.2) is 17.8 Å². The monoisotopic (exact) mass is 251 g/mol. The minimum absolute atomic E-state index is 0.106. The van der Waals surface area contributed by atoms with Gasteiger partial charge in [0, 0.05) is 11.6 Å². The topological polar surface area (TPSA) is 69.4 Å². The van der Waals surface area contributed by atoms with E-state index >= 15 is 0 Å². The number of carbonyl (C=O) groups excluding carboxylic acids is 1. The van der Waals surface area contributed by atoms with E-state index in [1.165, 1.54) is 18.2 Å². The Kier molecular flexibility index (Phi) is 5.30. The Hall–Kier alpha value is -1.91. The molecule has 0 radical (unpaired) electrons. The van der Waals surface area contributed by atoms with Gasteiger partial charge in [-0.3, -0.25) is 14.9 Å². The van der Waals surface area contributed by atoms with Gasteiger partial charge in [-0.1, -0.05) is 13.8 Å². The van der Waals surface area contributed by atoms with E-state index in [1.54, 1.807) is 0 Å².